The number of hydrogen-bond acceptors (Lipinski definition) is 4. The number of ether oxygens (including phenoxy) is 2. The fraction of sp³-hybridized carbons (Fsp3) is 0.130. The van der Waals surface area contributed by atoms with Crippen molar-refractivity contribution in [3.05, 3.63) is 89.5 Å². The summed E-state index contributed by atoms with van der Waals surface area (Å²) in [7, 11) is 0. The Bertz CT molecular complexity index is 924. The van der Waals surface area contributed by atoms with Gasteiger partial charge < -0.3 is 9.47 Å². The van der Waals surface area contributed by atoms with Crippen molar-refractivity contribution in [3.8, 4) is 16.9 Å². The van der Waals surface area contributed by atoms with Gasteiger partial charge in [0.1, 0.15) is 5.75 Å². The Kier molecular flexibility index (Phi) is 5.67. The van der Waals surface area contributed by atoms with E-state index in [1.807, 2.05) is 31.2 Å². The molecule has 0 saturated carbocycles. The molecule has 0 atom stereocenters. The predicted octanol–water partition coefficient (Wildman–Crippen LogP) is 5.06. The van der Waals surface area contributed by atoms with Gasteiger partial charge in [-0.05, 0) is 61.4 Å². The van der Waals surface area contributed by atoms with Crippen LogP contribution in [0.3, 0.4) is 0 Å². The van der Waals surface area contributed by atoms with E-state index in [1.54, 1.807) is 43.3 Å². The van der Waals surface area contributed by atoms with Crippen molar-refractivity contribution in [2.45, 2.75) is 13.8 Å². The van der Waals surface area contributed by atoms with Crippen LogP contribution in [0.1, 0.15) is 33.2 Å². The summed E-state index contributed by atoms with van der Waals surface area (Å²) in [5.41, 5.74) is 4.20. The van der Waals surface area contributed by atoms with Crippen LogP contribution >= 0.6 is 0 Å². The minimum atomic E-state index is -0.450. The second-order valence-electron chi connectivity index (χ2n) is 6.08. The van der Waals surface area contributed by atoms with E-state index in [1.165, 1.54) is 5.56 Å². The molecule has 0 amide bonds. The van der Waals surface area contributed by atoms with Gasteiger partial charge in [0.05, 0.1) is 17.7 Å². The molecule has 0 aliphatic heterocycles. The summed E-state index contributed by atoms with van der Waals surface area (Å²) < 4.78 is 10.3. The van der Waals surface area contributed by atoms with E-state index in [-0.39, 0.29) is 0 Å². The fourth-order valence-corrected chi connectivity index (χ4v) is 2.58. The first-order chi connectivity index (χ1) is 13.1. The molecule has 136 valence electrons. The Labute approximate surface area is 158 Å². The van der Waals surface area contributed by atoms with Gasteiger partial charge in [-0.1, -0.05) is 42.0 Å². The number of rotatable bonds is 5. The number of benzene rings is 3. The molecule has 4 nitrogen and oxygen atoms in total. The zero-order valence-electron chi connectivity index (χ0n) is 15.3. The molecule has 3 rings (SSSR count). The Morgan fingerprint density at radius 2 is 1.19 bits per heavy atom. The maximum Gasteiger partial charge on any atom is 0.343 e. The third-order valence-corrected chi connectivity index (χ3v) is 4.08. The van der Waals surface area contributed by atoms with Gasteiger partial charge >= 0.3 is 11.9 Å². The summed E-state index contributed by atoms with van der Waals surface area (Å²) in [6.07, 6.45) is 0. The highest BCUT2D eigenvalue weighted by molar-refractivity contribution is 5.92. The number of aryl methyl sites for hydroxylation is 1. The fourth-order valence-electron chi connectivity index (χ4n) is 2.58. The molecular formula is C23H20O4. The zero-order chi connectivity index (χ0) is 19.2. The Hall–Kier alpha value is -3.40. The van der Waals surface area contributed by atoms with Crippen molar-refractivity contribution < 1.29 is 19.1 Å². The Morgan fingerprint density at radius 1 is 0.704 bits per heavy atom. The summed E-state index contributed by atoms with van der Waals surface area (Å²) in [6, 6.07) is 21.8. The molecule has 4 heteroatoms. The maximum atomic E-state index is 12.3. The highest BCUT2D eigenvalue weighted by Crippen LogP contribution is 2.21. The van der Waals surface area contributed by atoms with E-state index in [0.29, 0.717) is 23.5 Å². The zero-order valence-corrected chi connectivity index (χ0v) is 15.3. The molecule has 0 heterocycles. The molecular weight excluding hydrogens is 340 g/mol. The molecule has 0 aliphatic carbocycles. The molecule has 0 N–H and O–H groups in total. The van der Waals surface area contributed by atoms with Gasteiger partial charge in [0.25, 0.3) is 0 Å². The lowest BCUT2D eigenvalue weighted by Gasteiger charge is -2.07. The molecule has 27 heavy (non-hydrogen) atoms. The van der Waals surface area contributed by atoms with Gasteiger partial charge in [0, 0.05) is 0 Å². The number of esters is 2. The van der Waals surface area contributed by atoms with E-state index in [9.17, 15) is 9.59 Å². The average Bonchev–Trinajstić information content (AvgIpc) is 2.69. The van der Waals surface area contributed by atoms with Crippen molar-refractivity contribution in [3.63, 3.8) is 0 Å². The van der Waals surface area contributed by atoms with Crippen LogP contribution in [-0.2, 0) is 4.74 Å². The van der Waals surface area contributed by atoms with E-state index in [4.69, 9.17) is 9.47 Å². The normalized spacial score (nSPS) is 10.3. The maximum absolute atomic E-state index is 12.3. The summed E-state index contributed by atoms with van der Waals surface area (Å²) >= 11 is 0. The monoisotopic (exact) mass is 360 g/mol. The number of carbonyl (C=O) groups is 2. The van der Waals surface area contributed by atoms with E-state index >= 15 is 0 Å². The molecule has 0 unspecified atom stereocenters. The van der Waals surface area contributed by atoms with Gasteiger partial charge in [-0.25, -0.2) is 9.59 Å². The van der Waals surface area contributed by atoms with Crippen LogP contribution in [0, 0.1) is 6.92 Å². The van der Waals surface area contributed by atoms with Crippen LogP contribution in [0.2, 0.25) is 0 Å². The largest absolute Gasteiger partial charge is 0.462 e. The molecule has 0 bridgehead atoms. The Morgan fingerprint density at radius 3 is 1.74 bits per heavy atom. The summed E-state index contributed by atoms with van der Waals surface area (Å²) in [5, 5.41) is 0. The van der Waals surface area contributed by atoms with Crippen molar-refractivity contribution in [2.24, 2.45) is 0 Å². The highest BCUT2D eigenvalue weighted by Gasteiger charge is 2.11. The molecule has 0 saturated heterocycles. The van der Waals surface area contributed by atoms with Crippen molar-refractivity contribution in [1.82, 2.24) is 0 Å². The van der Waals surface area contributed by atoms with Crippen molar-refractivity contribution >= 4 is 11.9 Å². The van der Waals surface area contributed by atoms with Gasteiger partial charge in [-0.3, -0.25) is 0 Å². The summed E-state index contributed by atoms with van der Waals surface area (Å²) in [5.74, 6) is -0.480. The van der Waals surface area contributed by atoms with Crippen LogP contribution in [0.15, 0.2) is 72.8 Å². The highest BCUT2D eigenvalue weighted by atomic mass is 16.5. The first kappa shape index (κ1) is 18.4. The molecule has 3 aromatic carbocycles. The first-order valence-electron chi connectivity index (χ1n) is 8.73. The average molecular weight is 360 g/mol. The lowest BCUT2D eigenvalue weighted by molar-refractivity contribution is 0.0526. The SMILES string of the molecule is CCOC(=O)c1ccc(OC(=O)c2ccc(-c3ccc(C)cc3)cc2)cc1. The van der Waals surface area contributed by atoms with Gasteiger partial charge in [0.2, 0.25) is 0 Å². The molecule has 0 aliphatic rings. The molecule has 3 aromatic rings. The van der Waals surface area contributed by atoms with Gasteiger partial charge in [-0.2, -0.15) is 0 Å². The second-order valence-corrected chi connectivity index (χ2v) is 6.08. The van der Waals surface area contributed by atoms with Crippen LogP contribution in [-0.4, -0.2) is 18.5 Å². The van der Waals surface area contributed by atoms with Gasteiger partial charge in [-0.15, -0.1) is 0 Å². The first-order valence-corrected chi connectivity index (χ1v) is 8.73. The summed E-state index contributed by atoms with van der Waals surface area (Å²) in [6.45, 7) is 4.11. The molecule has 0 spiro atoms. The second kappa shape index (κ2) is 8.32. The lowest BCUT2D eigenvalue weighted by Crippen LogP contribution is -2.09. The number of carbonyl (C=O) groups excluding carboxylic acids is 2. The topological polar surface area (TPSA) is 52.6 Å². The minimum absolute atomic E-state index is 0.314. The predicted molar refractivity (Wildman–Crippen MR) is 104 cm³/mol. The van der Waals surface area contributed by atoms with E-state index in [2.05, 4.69) is 12.1 Å². The van der Waals surface area contributed by atoms with Gasteiger partial charge in [0.15, 0.2) is 0 Å². The third-order valence-electron chi connectivity index (χ3n) is 4.08. The summed E-state index contributed by atoms with van der Waals surface area (Å²) in [4.78, 5) is 24.0. The number of hydrogen-bond donors (Lipinski definition) is 0. The smallest absolute Gasteiger partial charge is 0.343 e. The standard InChI is InChI=1S/C23H20O4/c1-3-26-22(24)19-12-14-21(15-13-19)27-23(25)20-10-8-18(9-11-20)17-6-4-16(2)5-7-17/h4-15H,3H2,1-2H3. The third kappa shape index (κ3) is 4.61. The van der Waals surface area contributed by atoms with Crippen molar-refractivity contribution in [1.29, 1.82) is 0 Å². The van der Waals surface area contributed by atoms with Crippen LogP contribution < -0.4 is 4.74 Å². The minimum Gasteiger partial charge on any atom is -0.462 e. The lowest BCUT2D eigenvalue weighted by atomic mass is 10.0. The Balaban J connectivity index is 1.67. The van der Waals surface area contributed by atoms with Crippen molar-refractivity contribution in [2.75, 3.05) is 6.61 Å². The van der Waals surface area contributed by atoms with E-state index < -0.39 is 11.9 Å². The van der Waals surface area contributed by atoms with E-state index in [0.717, 1.165) is 11.1 Å². The quantitative estimate of drug-likeness (QED) is 0.471. The van der Waals surface area contributed by atoms with Crippen LogP contribution in [0.5, 0.6) is 5.75 Å². The molecule has 0 aromatic heterocycles. The molecule has 0 fully saturated rings. The molecule has 0 radical (unpaired) electrons. The van der Waals surface area contributed by atoms with Crippen LogP contribution in [0.25, 0.3) is 11.1 Å². The van der Waals surface area contributed by atoms with Crippen LogP contribution in [0.4, 0.5) is 0 Å².